The minimum absolute atomic E-state index is 0.0658. The summed E-state index contributed by atoms with van der Waals surface area (Å²) in [5.74, 6) is 1.03. The van der Waals surface area contributed by atoms with Crippen LogP contribution in [0.4, 0.5) is 0 Å². The van der Waals surface area contributed by atoms with Crippen molar-refractivity contribution in [2.75, 3.05) is 32.8 Å². The number of morpholine rings is 1. The van der Waals surface area contributed by atoms with Crippen molar-refractivity contribution >= 4 is 5.91 Å². The first-order valence-corrected chi connectivity index (χ1v) is 8.65. The number of carbonyl (C=O) groups is 1. The molecule has 0 aromatic heterocycles. The number of rotatable bonds is 4. The minimum atomic E-state index is 0.0658. The molecule has 3 heterocycles. The smallest absolute Gasteiger partial charge is 0.224 e. The van der Waals surface area contributed by atoms with Gasteiger partial charge in [-0.2, -0.15) is 0 Å². The molecule has 0 bridgehead atoms. The number of ether oxygens (including phenoxy) is 2. The lowest BCUT2D eigenvalue weighted by Crippen LogP contribution is -2.50. The van der Waals surface area contributed by atoms with Crippen LogP contribution in [0.15, 0.2) is 18.2 Å². The van der Waals surface area contributed by atoms with Crippen LogP contribution in [0.1, 0.15) is 24.0 Å². The summed E-state index contributed by atoms with van der Waals surface area (Å²) in [6.07, 6.45) is 4.02. The third kappa shape index (κ3) is 3.35. The summed E-state index contributed by atoms with van der Waals surface area (Å²) in [6.45, 7) is 4.29. The van der Waals surface area contributed by atoms with Crippen molar-refractivity contribution in [1.82, 2.24) is 10.2 Å². The van der Waals surface area contributed by atoms with Crippen LogP contribution >= 0.6 is 0 Å². The Morgan fingerprint density at radius 1 is 1.39 bits per heavy atom. The largest absolute Gasteiger partial charge is 0.493 e. The van der Waals surface area contributed by atoms with E-state index in [0.29, 0.717) is 19.0 Å². The Labute approximate surface area is 136 Å². The van der Waals surface area contributed by atoms with Gasteiger partial charge >= 0.3 is 0 Å². The molecule has 1 aromatic carbocycles. The van der Waals surface area contributed by atoms with Gasteiger partial charge in [-0.05, 0) is 36.6 Å². The van der Waals surface area contributed by atoms with E-state index in [9.17, 15) is 4.79 Å². The van der Waals surface area contributed by atoms with Crippen molar-refractivity contribution in [2.45, 2.75) is 37.8 Å². The molecule has 5 heteroatoms. The molecule has 124 valence electrons. The maximum atomic E-state index is 12.2. The Kier molecular flexibility index (Phi) is 4.23. The Balaban J connectivity index is 1.25. The van der Waals surface area contributed by atoms with Gasteiger partial charge in [0.2, 0.25) is 5.91 Å². The van der Waals surface area contributed by atoms with Gasteiger partial charge in [-0.15, -0.1) is 0 Å². The molecular weight excluding hydrogens is 292 g/mol. The van der Waals surface area contributed by atoms with E-state index < -0.39 is 0 Å². The second kappa shape index (κ2) is 6.49. The molecule has 2 fully saturated rings. The molecule has 2 atom stereocenters. The van der Waals surface area contributed by atoms with Gasteiger partial charge in [0.1, 0.15) is 5.75 Å². The zero-order valence-electron chi connectivity index (χ0n) is 13.4. The molecule has 5 nitrogen and oxygen atoms in total. The summed E-state index contributed by atoms with van der Waals surface area (Å²) >= 11 is 0. The number of hydrogen-bond donors (Lipinski definition) is 1. The molecule has 0 saturated carbocycles. The molecule has 0 radical (unpaired) electrons. The lowest BCUT2D eigenvalue weighted by atomic mass is 10.1. The Morgan fingerprint density at radius 2 is 2.35 bits per heavy atom. The molecule has 1 aromatic rings. The fourth-order valence-electron chi connectivity index (χ4n) is 3.83. The molecule has 2 saturated heterocycles. The summed E-state index contributed by atoms with van der Waals surface area (Å²) in [5.41, 5.74) is 2.27. The lowest BCUT2D eigenvalue weighted by molar-refractivity contribution is -0.121. The van der Waals surface area contributed by atoms with Gasteiger partial charge in [-0.3, -0.25) is 9.69 Å². The number of nitrogens with one attached hydrogen (secondary N) is 1. The van der Waals surface area contributed by atoms with E-state index in [1.54, 1.807) is 0 Å². The summed E-state index contributed by atoms with van der Waals surface area (Å²) in [6, 6.07) is 6.65. The van der Waals surface area contributed by atoms with Crippen LogP contribution in [0, 0.1) is 0 Å². The fourth-order valence-corrected chi connectivity index (χ4v) is 3.83. The van der Waals surface area contributed by atoms with E-state index in [2.05, 4.69) is 16.3 Å². The average molecular weight is 316 g/mol. The molecule has 23 heavy (non-hydrogen) atoms. The van der Waals surface area contributed by atoms with E-state index in [4.69, 9.17) is 9.47 Å². The Morgan fingerprint density at radius 3 is 3.30 bits per heavy atom. The van der Waals surface area contributed by atoms with Crippen LogP contribution < -0.4 is 10.1 Å². The van der Waals surface area contributed by atoms with Crippen LogP contribution in [0.5, 0.6) is 5.75 Å². The van der Waals surface area contributed by atoms with Crippen molar-refractivity contribution in [1.29, 1.82) is 0 Å². The van der Waals surface area contributed by atoms with Gasteiger partial charge in [0.05, 0.1) is 25.7 Å². The summed E-state index contributed by atoms with van der Waals surface area (Å²) in [4.78, 5) is 14.7. The zero-order valence-corrected chi connectivity index (χ0v) is 13.4. The van der Waals surface area contributed by atoms with Crippen molar-refractivity contribution in [3.05, 3.63) is 29.3 Å². The van der Waals surface area contributed by atoms with Gasteiger partial charge < -0.3 is 14.8 Å². The van der Waals surface area contributed by atoms with E-state index in [1.165, 1.54) is 24.9 Å². The van der Waals surface area contributed by atoms with Crippen LogP contribution in [0.25, 0.3) is 0 Å². The highest BCUT2D eigenvalue weighted by atomic mass is 16.5. The third-order valence-electron chi connectivity index (χ3n) is 5.11. The van der Waals surface area contributed by atoms with Crippen LogP contribution in [0.2, 0.25) is 0 Å². The first-order valence-electron chi connectivity index (χ1n) is 8.65. The number of amides is 1. The van der Waals surface area contributed by atoms with E-state index in [-0.39, 0.29) is 12.0 Å². The first kappa shape index (κ1) is 15.0. The molecule has 3 aliphatic heterocycles. The number of fused-ring (bicyclic) bond motifs is 2. The number of carbonyl (C=O) groups excluding carboxylic acids is 1. The molecule has 0 unspecified atom stereocenters. The number of hydrogen-bond acceptors (Lipinski definition) is 4. The standard InChI is InChI=1S/C18H24N2O3/c21-18(9-13-3-4-17-14(8-13)5-7-22-17)19-10-16-11-20-6-1-2-15(20)12-23-16/h3-4,8,15-16H,1-2,5-7,9-12H2,(H,19,21)/t15-,16+/m1/s1. The molecule has 0 aliphatic carbocycles. The summed E-state index contributed by atoms with van der Waals surface area (Å²) < 4.78 is 11.4. The first-order chi connectivity index (χ1) is 11.3. The van der Waals surface area contributed by atoms with Crippen molar-refractivity contribution in [2.24, 2.45) is 0 Å². The Hall–Kier alpha value is -1.59. The Bertz CT molecular complexity index is 590. The lowest BCUT2D eigenvalue weighted by Gasteiger charge is -2.35. The SMILES string of the molecule is O=C(Cc1ccc2c(c1)CCO2)NC[C@H]1CN2CCC[C@@H]2CO1. The van der Waals surface area contributed by atoms with Crippen molar-refractivity contribution in [3.63, 3.8) is 0 Å². The minimum Gasteiger partial charge on any atom is -0.493 e. The molecule has 1 N–H and O–H groups in total. The predicted molar refractivity (Wildman–Crippen MR) is 86.7 cm³/mol. The van der Waals surface area contributed by atoms with Gasteiger partial charge in [-0.1, -0.05) is 12.1 Å². The van der Waals surface area contributed by atoms with Gasteiger partial charge in [0, 0.05) is 25.6 Å². The highest BCUT2D eigenvalue weighted by Gasteiger charge is 2.32. The highest BCUT2D eigenvalue weighted by molar-refractivity contribution is 5.78. The maximum absolute atomic E-state index is 12.2. The zero-order chi connectivity index (χ0) is 15.6. The fraction of sp³-hybridized carbons (Fsp3) is 0.611. The molecular formula is C18H24N2O3. The van der Waals surface area contributed by atoms with E-state index >= 15 is 0 Å². The second-order valence-electron chi connectivity index (χ2n) is 6.77. The predicted octanol–water partition coefficient (Wildman–Crippen LogP) is 1.14. The molecule has 0 spiro atoms. The van der Waals surface area contributed by atoms with Crippen LogP contribution in [-0.4, -0.2) is 55.8 Å². The number of nitrogens with zero attached hydrogens (tertiary/aromatic N) is 1. The second-order valence-corrected chi connectivity index (χ2v) is 6.77. The quantitative estimate of drug-likeness (QED) is 0.905. The molecule has 3 aliphatic rings. The van der Waals surface area contributed by atoms with Gasteiger partial charge in [0.15, 0.2) is 0 Å². The van der Waals surface area contributed by atoms with Crippen LogP contribution in [-0.2, 0) is 22.4 Å². The monoisotopic (exact) mass is 316 g/mol. The maximum Gasteiger partial charge on any atom is 0.224 e. The summed E-state index contributed by atoms with van der Waals surface area (Å²) in [7, 11) is 0. The van der Waals surface area contributed by atoms with Gasteiger partial charge in [-0.25, -0.2) is 0 Å². The third-order valence-corrected chi connectivity index (χ3v) is 5.11. The van der Waals surface area contributed by atoms with Gasteiger partial charge in [0.25, 0.3) is 0 Å². The molecule has 4 rings (SSSR count). The normalized spacial score (nSPS) is 26.4. The van der Waals surface area contributed by atoms with Crippen LogP contribution in [0.3, 0.4) is 0 Å². The van der Waals surface area contributed by atoms with Crippen molar-refractivity contribution in [3.8, 4) is 5.75 Å². The molecule has 1 amide bonds. The average Bonchev–Trinajstić information content (AvgIpc) is 3.20. The highest BCUT2D eigenvalue weighted by Crippen LogP contribution is 2.26. The topological polar surface area (TPSA) is 50.8 Å². The van der Waals surface area contributed by atoms with E-state index in [1.807, 2.05) is 12.1 Å². The number of benzene rings is 1. The summed E-state index contributed by atoms with van der Waals surface area (Å²) in [5, 5.41) is 3.03. The van der Waals surface area contributed by atoms with E-state index in [0.717, 1.165) is 37.5 Å². The van der Waals surface area contributed by atoms with Crippen molar-refractivity contribution < 1.29 is 14.3 Å².